The lowest BCUT2D eigenvalue weighted by atomic mass is 10.1. The number of amides is 1. The highest BCUT2D eigenvalue weighted by atomic mass is 16.3. The molecule has 0 radical (unpaired) electrons. The van der Waals surface area contributed by atoms with E-state index in [2.05, 4.69) is 18.1 Å². The third-order valence-electron chi connectivity index (χ3n) is 3.71. The Morgan fingerprint density at radius 3 is 2.54 bits per heavy atom. The number of fused-ring (bicyclic) bond motifs is 1. The highest BCUT2D eigenvalue weighted by Gasteiger charge is 2.19. The first-order valence-electron chi connectivity index (χ1n) is 7.69. The molecule has 0 saturated carbocycles. The molecule has 2 aromatic heterocycles. The van der Waals surface area contributed by atoms with Gasteiger partial charge in [0.1, 0.15) is 5.69 Å². The van der Waals surface area contributed by atoms with Crippen LogP contribution in [0.25, 0.3) is 22.4 Å². The summed E-state index contributed by atoms with van der Waals surface area (Å²) in [6, 6.07) is 13.0. The van der Waals surface area contributed by atoms with Crippen LogP contribution in [0, 0.1) is 0 Å². The van der Waals surface area contributed by atoms with Crippen LogP contribution in [0.15, 0.2) is 78.5 Å². The molecule has 1 aromatic carbocycles. The molecule has 0 spiro atoms. The Hall–Kier alpha value is -3.14. The summed E-state index contributed by atoms with van der Waals surface area (Å²) in [7, 11) is 0. The number of hydrogen-bond acceptors (Lipinski definition) is 3. The minimum absolute atomic E-state index is 0.0822. The van der Waals surface area contributed by atoms with Gasteiger partial charge in [0.05, 0.1) is 17.3 Å². The van der Waals surface area contributed by atoms with Crippen LogP contribution >= 0.6 is 0 Å². The normalized spacial score (nSPS) is 10.5. The van der Waals surface area contributed by atoms with Crippen molar-refractivity contribution in [3.8, 4) is 11.5 Å². The van der Waals surface area contributed by atoms with E-state index in [0.717, 1.165) is 10.9 Å². The van der Waals surface area contributed by atoms with E-state index >= 15 is 0 Å². The van der Waals surface area contributed by atoms with E-state index < -0.39 is 0 Å². The third-order valence-corrected chi connectivity index (χ3v) is 3.71. The van der Waals surface area contributed by atoms with Crippen molar-refractivity contribution in [2.45, 2.75) is 0 Å². The topological polar surface area (TPSA) is 46.3 Å². The zero-order valence-electron chi connectivity index (χ0n) is 13.3. The summed E-state index contributed by atoms with van der Waals surface area (Å²) in [5, 5.41) is 0.816. The number of aromatic nitrogens is 1. The summed E-state index contributed by atoms with van der Waals surface area (Å²) >= 11 is 0. The van der Waals surface area contributed by atoms with Gasteiger partial charge in [-0.05, 0) is 24.3 Å². The number of pyridine rings is 1. The lowest BCUT2D eigenvalue weighted by Gasteiger charge is -2.20. The van der Waals surface area contributed by atoms with Gasteiger partial charge in [0.25, 0.3) is 5.91 Å². The lowest BCUT2D eigenvalue weighted by Crippen LogP contribution is -2.31. The predicted octanol–water partition coefficient (Wildman–Crippen LogP) is 4.31. The monoisotopic (exact) mass is 318 g/mol. The van der Waals surface area contributed by atoms with Gasteiger partial charge in [-0.25, -0.2) is 4.98 Å². The summed E-state index contributed by atoms with van der Waals surface area (Å²) in [5.41, 5.74) is 1.99. The van der Waals surface area contributed by atoms with E-state index in [4.69, 9.17) is 4.42 Å². The summed E-state index contributed by atoms with van der Waals surface area (Å²) < 4.78 is 5.44. The number of hydrogen-bond donors (Lipinski definition) is 0. The number of carbonyl (C=O) groups is 1. The number of carbonyl (C=O) groups excluding carboxylic acids is 1. The minimum Gasteiger partial charge on any atom is -0.463 e. The highest BCUT2D eigenvalue weighted by Crippen LogP contribution is 2.26. The molecule has 0 fully saturated rings. The molecule has 24 heavy (non-hydrogen) atoms. The van der Waals surface area contributed by atoms with E-state index in [9.17, 15) is 4.79 Å². The molecule has 4 heteroatoms. The second-order valence-electron chi connectivity index (χ2n) is 5.34. The van der Waals surface area contributed by atoms with Gasteiger partial charge in [0.2, 0.25) is 0 Å². The number of benzene rings is 1. The molecule has 0 aliphatic heterocycles. The Bertz CT molecular complexity index is 872. The van der Waals surface area contributed by atoms with Crippen molar-refractivity contribution in [2.75, 3.05) is 13.1 Å². The number of nitrogens with zero attached hydrogens (tertiary/aromatic N) is 2. The molecule has 4 nitrogen and oxygen atoms in total. The molecule has 0 aliphatic rings. The SMILES string of the molecule is C=CCN(CC=C)C(=O)c1cc(-c2ccco2)nc2ccccc12. The Labute approximate surface area is 140 Å². The quantitative estimate of drug-likeness (QED) is 0.636. The first-order valence-corrected chi connectivity index (χ1v) is 7.69. The molecular formula is C20H18N2O2. The van der Waals surface area contributed by atoms with Crippen molar-refractivity contribution in [1.29, 1.82) is 0 Å². The molecule has 0 aliphatic carbocycles. The fraction of sp³-hybridized carbons (Fsp3) is 0.100. The maximum Gasteiger partial charge on any atom is 0.255 e. The molecule has 3 aromatic rings. The van der Waals surface area contributed by atoms with E-state index in [1.54, 1.807) is 35.4 Å². The molecule has 0 N–H and O–H groups in total. The van der Waals surface area contributed by atoms with Crippen molar-refractivity contribution in [2.24, 2.45) is 0 Å². The van der Waals surface area contributed by atoms with Gasteiger partial charge >= 0.3 is 0 Å². The average molecular weight is 318 g/mol. The maximum atomic E-state index is 13.0. The minimum atomic E-state index is -0.0822. The molecule has 120 valence electrons. The molecular weight excluding hydrogens is 300 g/mol. The van der Waals surface area contributed by atoms with E-state index in [0.29, 0.717) is 30.1 Å². The highest BCUT2D eigenvalue weighted by molar-refractivity contribution is 6.07. The molecule has 0 atom stereocenters. The van der Waals surface area contributed by atoms with Crippen molar-refractivity contribution in [3.63, 3.8) is 0 Å². The standard InChI is InChI=1S/C20H18N2O2/c1-3-11-22(12-4-2)20(23)16-14-18(19-10-7-13-24-19)21-17-9-6-5-8-15(16)17/h3-10,13-14H,1-2,11-12H2. The van der Waals surface area contributed by atoms with E-state index in [1.807, 2.05) is 30.3 Å². The molecule has 2 heterocycles. The molecule has 3 rings (SSSR count). The van der Waals surface area contributed by atoms with Crippen LogP contribution in [0.5, 0.6) is 0 Å². The van der Waals surface area contributed by atoms with Gasteiger partial charge in [-0.3, -0.25) is 4.79 Å². The summed E-state index contributed by atoms with van der Waals surface area (Å²) in [6.07, 6.45) is 5.01. The number of rotatable bonds is 6. The van der Waals surface area contributed by atoms with Crippen LogP contribution in [0.1, 0.15) is 10.4 Å². The van der Waals surface area contributed by atoms with Crippen LogP contribution in [0.3, 0.4) is 0 Å². The molecule has 0 unspecified atom stereocenters. The van der Waals surface area contributed by atoms with Crippen molar-refractivity contribution < 1.29 is 9.21 Å². The Morgan fingerprint density at radius 1 is 1.12 bits per heavy atom. The summed E-state index contributed by atoms with van der Waals surface area (Å²) in [4.78, 5) is 19.3. The smallest absolute Gasteiger partial charge is 0.255 e. The van der Waals surface area contributed by atoms with Gasteiger partial charge in [0.15, 0.2) is 5.76 Å². The van der Waals surface area contributed by atoms with E-state index in [1.165, 1.54) is 0 Å². The predicted molar refractivity (Wildman–Crippen MR) is 95.7 cm³/mol. The van der Waals surface area contributed by atoms with Crippen molar-refractivity contribution in [3.05, 3.63) is 79.6 Å². The first kappa shape index (κ1) is 15.7. The van der Waals surface area contributed by atoms with Gasteiger partial charge in [0, 0.05) is 18.5 Å². The fourth-order valence-corrected chi connectivity index (χ4v) is 2.63. The van der Waals surface area contributed by atoms with Crippen molar-refractivity contribution >= 4 is 16.8 Å². The molecule has 1 amide bonds. The van der Waals surface area contributed by atoms with Crippen LogP contribution in [0.4, 0.5) is 0 Å². The van der Waals surface area contributed by atoms with Crippen LogP contribution in [0.2, 0.25) is 0 Å². The zero-order valence-corrected chi connectivity index (χ0v) is 13.3. The van der Waals surface area contributed by atoms with Crippen LogP contribution in [-0.2, 0) is 0 Å². The Morgan fingerprint density at radius 2 is 1.88 bits per heavy atom. The van der Waals surface area contributed by atoms with Gasteiger partial charge in [-0.1, -0.05) is 30.4 Å². The second-order valence-corrected chi connectivity index (χ2v) is 5.34. The summed E-state index contributed by atoms with van der Waals surface area (Å²) in [5.74, 6) is 0.551. The Balaban J connectivity index is 2.16. The van der Waals surface area contributed by atoms with Gasteiger partial charge in [-0.15, -0.1) is 13.2 Å². The fourth-order valence-electron chi connectivity index (χ4n) is 2.63. The first-order chi connectivity index (χ1) is 11.7. The number of furan rings is 1. The zero-order chi connectivity index (χ0) is 16.9. The van der Waals surface area contributed by atoms with E-state index in [-0.39, 0.29) is 5.91 Å². The number of para-hydroxylation sites is 1. The van der Waals surface area contributed by atoms with Crippen molar-refractivity contribution in [1.82, 2.24) is 9.88 Å². The van der Waals surface area contributed by atoms with Crippen LogP contribution in [-0.4, -0.2) is 28.9 Å². The summed E-state index contributed by atoms with van der Waals surface area (Å²) in [6.45, 7) is 8.36. The Kier molecular flexibility index (Phi) is 4.57. The lowest BCUT2D eigenvalue weighted by molar-refractivity contribution is 0.0793. The van der Waals surface area contributed by atoms with Gasteiger partial charge < -0.3 is 9.32 Å². The van der Waals surface area contributed by atoms with Crippen LogP contribution < -0.4 is 0 Å². The second kappa shape index (κ2) is 6.96. The van der Waals surface area contributed by atoms with Gasteiger partial charge in [-0.2, -0.15) is 0 Å². The molecule has 0 saturated heterocycles. The maximum absolute atomic E-state index is 13.0. The third kappa shape index (κ3) is 2.99. The largest absolute Gasteiger partial charge is 0.463 e. The molecule has 0 bridgehead atoms. The average Bonchev–Trinajstić information content (AvgIpc) is 3.14.